The Hall–Kier alpha value is -2.17. The van der Waals surface area contributed by atoms with Gasteiger partial charge in [0, 0.05) is 11.9 Å². The molecule has 1 amide bonds. The molecule has 2 heterocycles. The number of hydrogen-bond donors (Lipinski definition) is 1. The van der Waals surface area contributed by atoms with Gasteiger partial charge in [0.05, 0.1) is 0 Å². The topological polar surface area (TPSA) is 77.5 Å². The van der Waals surface area contributed by atoms with E-state index in [0.717, 1.165) is 0 Å². The molecule has 0 aromatic carbocycles. The summed E-state index contributed by atoms with van der Waals surface area (Å²) in [5, 5.41) is 0. The van der Waals surface area contributed by atoms with Crippen molar-refractivity contribution in [1.82, 2.24) is 9.38 Å². The van der Waals surface area contributed by atoms with Crippen molar-refractivity contribution in [1.29, 1.82) is 0 Å². The van der Waals surface area contributed by atoms with Crippen LogP contribution in [0.3, 0.4) is 0 Å². The Labute approximate surface area is 85.2 Å². The van der Waals surface area contributed by atoms with Crippen LogP contribution in [0.25, 0.3) is 5.65 Å². The molecule has 0 aliphatic rings. The molecular weight excluding hydrogens is 194 g/mol. The summed E-state index contributed by atoms with van der Waals surface area (Å²) in [6.45, 7) is 1.76. The quantitative estimate of drug-likeness (QED) is 0.714. The summed E-state index contributed by atoms with van der Waals surface area (Å²) in [4.78, 5) is 26.7. The third-order valence-corrected chi connectivity index (χ3v) is 2.19. The zero-order chi connectivity index (χ0) is 11.0. The van der Waals surface area contributed by atoms with Crippen LogP contribution in [0.15, 0.2) is 29.2 Å². The van der Waals surface area contributed by atoms with E-state index < -0.39 is 11.5 Å². The molecule has 15 heavy (non-hydrogen) atoms. The number of hydrogen-bond acceptors (Lipinski definition) is 3. The van der Waals surface area contributed by atoms with E-state index in [1.165, 1.54) is 10.6 Å². The van der Waals surface area contributed by atoms with Crippen LogP contribution >= 0.6 is 0 Å². The Kier molecular flexibility index (Phi) is 2.00. The highest BCUT2D eigenvalue weighted by atomic mass is 16.2. The summed E-state index contributed by atoms with van der Waals surface area (Å²) in [7, 11) is 0. The highest BCUT2D eigenvalue weighted by Crippen LogP contribution is 2.01. The normalized spacial score (nSPS) is 10.5. The summed E-state index contributed by atoms with van der Waals surface area (Å²) in [6.07, 6.45) is 1.21. The molecule has 0 atom stereocenters. The molecule has 2 rings (SSSR count). The number of amides is 1. The van der Waals surface area contributed by atoms with E-state index in [4.69, 9.17) is 5.73 Å². The van der Waals surface area contributed by atoms with Gasteiger partial charge in [-0.2, -0.15) is 0 Å². The van der Waals surface area contributed by atoms with Crippen LogP contribution in [0.5, 0.6) is 0 Å². The van der Waals surface area contributed by atoms with Crippen molar-refractivity contribution in [2.24, 2.45) is 5.73 Å². The number of nitrogens with zero attached hydrogens (tertiary/aromatic N) is 2. The van der Waals surface area contributed by atoms with Crippen molar-refractivity contribution in [3.8, 4) is 0 Å². The van der Waals surface area contributed by atoms with Crippen molar-refractivity contribution < 1.29 is 4.79 Å². The van der Waals surface area contributed by atoms with Gasteiger partial charge in [-0.25, -0.2) is 4.98 Å². The fraction of sp³-hybridized carbons (Fsp3) is 0.100. The first-order chi connectivity index (χ1) is 7.11. The summed E-state index contributed by atoms with van der Waals surface area (Å²) in [5.41, 5.74) is 5.76. The van der Waals surface area contributed by atoms with Gasteiger partial charge in [0.2, 0.25) is 0 Å². The Morgan fingerprint density at radius 1 is 1.47 bits per heavy atom. The van der Waals surface area contributed by atoms with Crippen LogP contribution in [0.2, 0.25) is 0 Å². The molecule has 0 fully saturated rings. The van der Waals surface area contributed by atoms with Crippen LogP contribution in [0.4, 0.5) is 0 Å². The lowest BCUT2D eigenvalue weighted by atomic mass is 10.3. The second kappa shape index (κ2) is 3.20. The van der Waals surface area contributed by atoms with Gasteiger partial charge in [-0.1, -0.05) is 6.07 Å². The molecule has 2 N–H and O–H groups in total. The third-order valence-electron chi connectivity index (χ3n) is 2.19. The molecule has 0 unspecified atom stereocenters. The molecule has 2 aromatic rings. The zero-order valence-corrected chi connectivity index (χ0v) is 8.10. The molecule has 0 bridgehead atoms. The average molecular weight is 203 g/mol. The van der Waals surface area contributed by atoms with Gasteiger partial charge < -0.3 is 5.73 Å². The van der Waals surface area contributed by atoms with E-state index in [0.29, 0.717) is 11.3 Å². The highest BCUT2D eigenvalue weighted by molar-refractivity contribution is 5.92. The van der Waals surface area contributed by atoms with E-state index in [1.807, 2.05) is 0 Å². The Balaban J connectivity index is 2.96. The Bertz CT molecular complexity index is 601. The van der Waals surface area contributed by atoms with Crippen LogP contribution in [0.1, 0.15) is 16.1 Å². The molecular formula is C10H9N3O2. The minimum absolute atomic E-state index is 0.0956. The van der Waals surface area contributed by atoms with Crippen molar-refractivity contribution in [3.05, 3.63) is 46.0 Å². The molecule has 0 aliphatic carbocycles. The first-order valence-corrected chi connectivity index (χ1v) is 4.38. The van der Waals surface area contributed by atoms with Gasteiger partial charge in [0.15, 0.2) is 0 Å². The molecule has 0 saturated carbocycles. The van der Waals surface area contributed by atoms with E-state index in [9.17, 15) is 9.59 Å². The number of rotatable bonds is 1. The van der Waals surface area contributed by atoms with Gasteiger partial charge in [0.25, 0.3) is 11.5 Å². The maximum absolute atomic E-state index is 11.8. The number of primary amides is 1. The van der Waals surface area contributed by atoms with Gasteiger partial charge >= 0.3 is 0 Å². The van der Waals surface area contributed by atoms with E-state index in [2.05, 4.69) is 4.98 Å². The lowest BCUT2D eigenvalue weighted by Gasteiger charge is -2.04. The molecule has 5 heteroatoms. The molecule has 0 spiro atoms. The summed E-state index contributed by atoms with van der Waals surface area (Å²) in [5.74, 6) is -0.759. The summed E-state index contributed by atoms with van der Waals surface area (Å²) in [6, 6.07) is 5.25. The highest BCUT2D eigenvalue weighted by Gasteiger charge is 2.10. The maximum Gasteiger partial charge on any atom is 0.270 e. The largest absolute Gasteiger partial charge is 0.365 e. The number of pyridine rings is 1. The number of aromatic nitrogens is 2. The molecule has 0 radical (unpaired) electrons. The van der Waals surface area contributed by atoms with Crippen LogP contribution in [0, 0.1) is 6.92 Å². The maximum atomic E-state index is 11.8. The fourth-order valence-corrected chi connectivity index (χ4v) is 1.44. The Morgan fingerprint density at radius 3 is 2.87 bits per heavy atom. The van der Waals surface area contributed by atoms with E-state index >= 15 is 0 Å². The molecule has 0 aliphatic heterocycles. The first-order valence-electron chi connectivity index (χ1n) is 4.38. The van der Waals surface area contributed by atoms with Crippen molar-refractivity contribution in [2.45, 2.75) is 6.92 Å². The van der Waals surface area contributed by atoms with Crippen molar-refractivity contribution >= 4 is 11.6 Å². The van der Waals surface area contributed by atoms with Crippen molar-refractivity contribution in [2.75, 3.05) is 0 Å². The van der Waals surface area contributed by atoms with Gasteiger partial charge in [-0.3, -0.25) is 14.0 Å². The Morgan fingerprint density at radius 2 is 2.20 bits per heavy atom. The second-order valence-corrected chi connectivity index (χ2v) is 3.20. The number of aryl methyl sites for hydroxylation is 1. The minimum atomic E-state index is -0.759. The lowest BCUT2D eigenvalue weighted by Crippen LogP contribution is -2.27. The van der Waals surface area contributed by atoms with Crippen LogP contribution in [-0.4, -0.2) is 15.3 Å². The molecule has 2 aromatic heterocycles. The van der Waals surface area contributed by atoms with Gasteiger partial charge in [0.1, 0.15) is 11.2 Å². The average Bonchev–Trinajstić information content (AvgIpc) is 2.17. The molecule has 0 saturated heterocycles. The monoisotopic (exact) mass is 203 g/mol. The predicted octanol–water partition coefficient (Wildman–Crippen LogP) is 0.102. The SMILES string of the molecule is Cc1cccc2ncc(C(N)=O)c(=O)n12. The number of carbonyl (C=O) groups is 1. The van der Waals surface area contributed by atoms with E-state index in [1.54, 1.807) is 25.1 Å². The number of nitrogens with two attached hydrogens (primary N) is 1. The second-order valence-electron chi connectivity index (χ2n) is 3.20. The summed E-state index contributed by atoms with van der Waals surface area (Å²) < 4.78 is 1.36. The molecule has 5 nitrogen and oxygen atoms in total. The van der Waals surface area contributed by atoms with Gasteiger partial charge in [-0.05, 0) is 19.1 Å². The standard InChI is InChI=1S/C10H9N3O2/c1-6-3-2-4-8-12-5-7(9(11)14)10(15)13(6)8/h2-5H,1H3,(H2,11,14). The third kappa shape index (κ3) is 1.38. The molecule has 76 valence electrons. The summed E-state index contributed by atoms with van der Waals surface area (Å²) >= 11 is 0. The lowest BCUT2D eigenvalue weighted by molar-refractivity contribution is 0.0998. The fourth-order valence-electron chi connectivity index (χ4n) is 1.44. The smallest absolute Gasteiger partial charge is 0.270 e. The van der Waals surface area contributed by atoms with Crippen LogP contribution in [-0.2, 0) is 0 Å². The van der Waals surface area contributed by atoms with Gasteiger partial charge in [-0.15, -0.1) is 0 Å². The van der Waals surface area contributed by atoms with E-state index in [-0.39, 0.29) is 5.56 Å². The minimum Gasteiger partial charge on any atom is -0.365 e. The number of fused-ring (bicyclic) bond motifs is 1. The first kappa shape index (κ1) is 9.39. The zero-order valence-electron chi connectivity index (χ0n) is 8.10. The van der Waals surface area contributed by atoms with Crippen molar-refractivity contribution in [3.63, 3.8) is 0 Å². The number of carbonyl (C=O) groups excluding carboxylic acids is 1. The predicted molar refractivity (Wildman–Crippen MR) is 54.7 cm³/mol. The van der Waals surface area contributed by atoms with Crippen LogP contribution < -0.4 is 11.3 Å².